The number of halogens is 2. The van der Waals surface area contributed by atoms with E-state index in [0.717, 1.165) is 0 Å². The number of amides is 1. The largest absolute Gasteiger partial charge is 0.334 e. The monoisotopic (exact) mass is 268 g/mol. The van der Waals surface area contributed by atoms with Gasteiger partial charge < -0.3 is 4.90 Å². The van der Waals surface area contributed by atoms with Crippen molar-refractivity contribution < 1.29 is 18.5 Å². The maximum absolute atomic E-state index is 13.2. The quantitative estimate of drug-likeness (QED) is 0.469. The summed E-state index contributed by atoms with van der Waals surface area (Å²) in [5.74, 6) is -3.29. The highest BCUT2D eigenvalue weighted by Crippen LogP contribution is 2.24. The Hall–Kier alpha value is -2.31. The lowest BCUT2D eigenvalue weighted by molar-refractivity contribution is -0.385. The van der Waals surface area contributed by atoms with Crippen molar-refractivity contribution in [2.24, 2.45) is 0 Å². The summed E-state index contributed by atoms with van der Waals surface area (Å²) in [6.07, 6.45) is 4.25. The molecule has 5 nitrogen and oxygen atoms in total. The maximum Gasteiger partial charge on any atom is 0.285 e. The van der Waals surface area contributed by atoms with Crippen molar-refractivity contribution in [1.82, 2.24) is 4.90 Å². The highest BCUT2D eigenvalue weighted by molar-refractivity contribution is 5.98. The van der Waals surface area contributed by atoms with Crippen LogP contribution >= 0.6 is 0 Å². The molecule has 0 radical (unpaired) electrons. The van der Waals surface area contributed by atoms with Crippen LogP contribution in [0, 0.1) is 21.7 Å². The molecule has 2 rings (SSSR count). The second-order valence-electron chi connectivity index (χ2n) is 4.05. The van der Waals surface area contributed by atoms with Crippen LogP contribution in [0.4, 0.5) is 14.5 Å². The molecular weight excluding hydrogens is 258 g/mol. The van der Waals surface area contributed by atoms with Crippen LogP contribution in [0.3, 0.4) is 0 Å². The summed E-state index contributed by atoms with van der Waals surface area (Å²) in [5.41, 5.74) is -1.15. The third kappa shape index (κ3) is 2.59. The van der Waals surface area contributed by atoms with E-state index in [0.29, 0.717) is 31.6 Å². The highest BCUT2D eigenvalue weighted by Gasteiger charge is 2.27. The summed E-state index contributed by atoms with van der Waals surface area (Å²) in [6, 6.07) is 1.01. The van der Waals surface area contributed by atoms with E-state index in [2.05, 4.69) is 0 Å². The van der Waals surface area contributed by atoms with Gasteiger partial charge in [0.05, 0.1) is 11.0 Å². The molecule has 0 saturated heterocycles. The summed E-state index contributed by atoms with van der Waals surface area (Å²) in [7, 11) is 0. The summed E-state index contributed by atoms with van der Waals surface area (Å²) < 4.78 is 26.2. The first-order valence-corrected chi connectivity index (χ1v) is 5.58. The van der Waals surface area contributed by atoms with E-state index in [4.69, 9.17) is 0 Å². The summed E-state index contributed by atoms with van der Waals surface area (Å²) in [4.78, 5) is 23.3. The van der Waals surface area contributed by atoms with Gasteiger partial charge in [-0.25, -0.2) is 8.78 Å². The number of nitro benzene ring substituents is 1. The minimum atomic E-state index is -1.35. The van der Waals surface area contributed by atoms with Crippen molar-refractivity contribution in [1.29, 1.82) is 0 Å². The van der Waals surface area contributed by atoms with Gasteiger partial charge in [0.25, 0.3) is 11.6 Å². The standard InChI is InChI=1S/C12H10F2N2O3/c13-9-6-8(11(16(18)19)7-10(9)14)12(17)15-4-2-1-3-5-15/h1-2,6-7H,3-5H2. The molecule has 0 spiro atoms. The molecule has 1 aromatic rings. The zero-order chi connectivity index (χ0) is 14.0. The Labute approximate surface area is 107 Å². The third-order valence-electron chi connectivity index (χ3n) is 2.81. The van der Waals surface area contributed by atoms with Gasteiger partial charge in [-0.2, -0.15) is 0 Å². The van der Waals surface area contributed by atoms with E-state index in [1.807, 2.05) is 6.08 Å². The fourth-order valence-corrected chi connectivity index (χ4v) is 1.85. The number of rotatable bonds is 2. The number of nitrogens with zero attached hydrogens (tertiary/aromatic N) is 2. The molecule has 19 heavy (non-hydrogen) atoms. The minimum absolute atomic E-state index is 0.301. The second-order valence-corrected chi connectivity index (χ2v) is 4.05. The highest BCUT2D eigenvalue weighted by atomic mass is 19.2. The Kier molecular flexibility index (Phi) is 3.55. The maximum atomic E-state index is 13.2. The van der Waals surface area contributed by atoms with Gasteiger partial charge in [0.2, 0.25) is 0 Å². The fourth-order valence-electron chi connectivity index (χ4n) is 1.85. The molecule has 100 valence electrons. The van der Waals surface area contributed by atoms with Crippen molar-refractivity contribution in [2.75, 3.05) is 13.1 Å². The summed E-state index contributed by atoms with van der Waals surface area (Å²) in [6.45, 7) is 0.695. The molecule has 1 heterocycles. The van der Waals surface area contributed by atoms with Crippen LogP contribution in [0.5, 0.6) is 0 Å². The average Bonchev–Trinajstić information content (AvgIpc) is 2.41. The first kappa shape index (κ1) is 13.1. The van der Waals surface area contributed by atoms with Crippen LogP contribution in [0.1, 0.15) is 16.8 Å². The van der Waals surface area contributed by atoms with E-state index in [9.17, 15) is 23.7 Å². The Morgan fingerprint density at radius 1 is 1.26 bits per heavy atom. The molecule has 1 aliphatic rings. The molecule has 0 saturated carbocycles. The first-order valence-electron chi connectivity index (χ1n) is 5.58. The molecule has 0 fully saturated rings. The van der Waals surface area contributed by atoms with Gasteiger partial charge in [-0.1, -0.05) is 12.2 Å². The lowest BCUT2D eigenvalue weighted by Gasteiger charge is -2.23. The van der Waals surface area contributed by atoms with Crippen molar-refractivity contribution >= 4 is 11.6 Å². The molecule has 1 amide bonds. The molecule has 0 unspecified atom stereocenters. The Bertz CT molecular complexity index is 572. The molecule has 0 aromatic heterocycles. The van der Waals surface area contributed by atoms with Gasteiger partial charge in [0.1, 0.15) is 5.56 Å². The van der Waals surface area contributed by atoms with E-state index in [-0.39, 0.29) is 0 Å². The first-order chi connectivity index (χ1) is 9.00. The minimum Gasteiger partial charge on any atom is -0.334 e. The third-order valence-corrected chi connectivity index (χ3v) is 2.81. The van der Waals surface area contributed by atoms with Gasteiger partial charge >= 0.3 is 0 Å². The van der Waals surface area contributed by atoms with Gasteiger partial charge in [-0.15, -0.1) is 0 Å². The molecule has 0 atom stereocenters. The Balaban J connectivity index is 2.42. The molecule has 7 heteroatoms. The predicted octanol–water partition coefficient (Wildman–Crippen LogP) is 2.28. The topological polar surface area (TPSA) is 63.4 Å². The van der Waals surface area contributed by atoms with Gasteiger partial charge in [-0.3, -0.25) is 14.9 Å². The van der Waals surface area contributed by atoms with Crippen LogP contribution in [-0.4, -0.2) is 28.8 Å². The fraction of sp³-hybridized carbons (Fsp3) is 0.250. The number of carbonyl (C=O) groups excluding carboxylic acids is 1. The molecule has 0 bridgehead atoms. The van der Waals surface area contributed by atoms with Crippen LogP contribution in [-0.2, 0) is 0 Å². The average molecular weight is 268 g/mol. The van der Waals surface area contributed by atoms with Crippen LogP contribution in [0.15, 0.2) is 24.3 Å². The van der Waals surface area contributed by atoms with Gasteiger partial charge in [0.15, 0.2) is 11.6 Å². The summed E-state index contributed by atoms with van der Waals surface area (Å²) >= 11 is 0. The number of hydrogen-bond acceptors (Lipinski definition) is 3. The van der Waals surface area contributed by atoms with E-state index < -0.39 is 33.7 Å². The van der Waals surface area contributed by atoms with E-state index in [1.54, 1.807) is 6.08 Å². The number of benzene rings is 1. The van der Waals surface area contributed by atoms with Crippen LogP contribution in [0.25, 0.3) is 0 Å². The Morgan fingerprint density at radius 3 is 2.53 bits per heavy atom. The zero-order valence-electron chi connectivity index (χ0n) is 9.81. The van der Waals surface area contributed by atoms with E-state index >= 15 is 0 Å². The lowest BCUT2D eigenvalue weighted by Crippen LogP contribution is -2.34. The van der Waals surface area contributed by atoms with Crippen LogP contribution < -0.4 is 0 Å². The van der Waals surface area contributed by atoms with Gasteiger partial charge in [-0.05, 0) is 12.5 Å². The normalized spacial score (nSPS) is 14.5. The van der Waals surface area contributed by atoms with Crippen molar-refractivity contribution in [2.45, 2.75) is 6.42 Å². The molecule has 0 N–H and O–H groups in total. The number of nitro groups is 1. The lowest BCUT2D eigenvalue weighted by atomic mass is 10.1. The van der Waals surface area contributed by atoms with Crippen molar-refractivity contribution in [3.05, 3.63) is 51.6 Å². The molecule has 0 aliphatic carbocycles. The molecule has 1 aliphatic heterocycles. The molecular formula is C12H10F2N2O3. The smallest absolute Gasteiger partial charge is 0.285 e. The van der Waals surface area contributed by atoms with Crippen LogP contribution in [0.2, 0.25) is 0 Å². The SMILES string of the molecule is O=C(c1cc(F)c(F)cc1[N+](=O)[O-])N1CC=CCC1. The summed E-state index contributed by atoms with van der Waals surface area (Å²) in [5, 5.41) is 10.8. The molecule has 1 aromatic carbocycles. The van der Waals surface area contributed by atoms with Gasteiger partial charge in [0, 0.05) is 13.1 Å². The number of hydrogen-bond donors (Lipinski definition) is 0. The second kappa shape index (κ2) is 5.13. The zero-order valence-corrected chi connectivity index (χ0v) is 9.81. The number of carbonyl (C=O) groups is 1. The predicted molar refractivity (Wildman–Crippen MR) is 62.7 cm³/mol. The Morgan fingerprint density at radius 2 is 1.95 bits per heavy atom. The van der Waals surface area contributed by atoms with Crippen molar-refractivity contribution in [3.8, 4) is 0 Å². The van der Waals surface area contributed by atoms with E-state index in [1.165, 1.54) is 4.90 Å². The van der Waals surface area contributed by atoms with Crippen molar-refractivity contribution in [3.63, 3.8) is 0 Å².